The van der Waals surface area contributed by atoms with E-state index in [2.05, 4.69) is 29.6 Å². The van der Waals surface area contributed by atoms with Gasteiger partial charge in [0, 0.05) is 12.3 Å². The zero-order chi connectivity index (χ0) is 29.9. The van der Waals surface area contributed by atoms with E-state index in [0.29, 0.717) is 0 Å². The average Bonchev–Trinajstić information content (AvgIpc) is 3.29. The van der Waals surface area contributed by atoms with Crippen molar-refractivity contribution in [2.45, 2.75) is 58.1 Å². The predicted molar refractivity (Wildman–Crippen MR) is 164 cm³/mol. The number of benzene rings is 4. The van der Waals surface area contributed by atoms with Crippen LogP contribution in [0.15, 0.2) is 91.0 Å². The summed E-state index contributed by atoms with van der Waals surface area (Å²) in [4.78, 5) is 26.2. The van der Waals surface area contributed by atoms with E-state index in [1.807, 2.05) is 61.5 Å². The zero-order valence-electron chi connectivity index (χ0n) is 24.5. The summed E-state index contributed by atoms with van der Waals surface area (Å²) in [7, 11) is 0. The van der Waals surface area contributed by atoms with E-state index in [1.165, 1.54) is 0 Å². The number of esters is 1. The van der Waals surface area contributed by atoms with Crippen LogP contribution in [0.2, 0.25) is 0 Å². The summed E-state index contributed by atoms with van der Waals surface area (Å²) in [6.45, 7) is 7.60. The lowest BCUT2D eigenvalue weighted by molar-refractivity contribution is -0.157. The molecule has 4 aromatic carbocycles. The maximum Gasteiger partial charge on any atom is 0.407 e. The Morgan fingerprint density at radius 1 is 0.857 bits per heavy atom. The molecule has 0 aliphatic heterocycles. The molecular formula is C36H37NO5. The van der Waals surface area contributed by atoms with Crippen LogP contribution in [-0.2, 0) is 27.1 Å². The lowest BCUT2D eigenvalue weighted by Gasteiger charge is -2.25. The molecule has 2 N–H and O–H groups in total. The number of fused-ring (bicyclic) bond motifs is 3. The highest BCUT2D eigenvalue weighted by atomic mass is 16.6. The van der Waals surface area contributed by atoms with Gasteiger partial charge in [-0.1, -0.05) is 85.8 Å². The Bertz CT molecular complexity index is 1540. The van der Waals surface area contributed by atoms with E-state index in [1.54, 1.807) is 32.9 Å². The van der Waals surface area contributed by atoms with Crippen LogP contribution in [-0.4, -0.2) is 35.4 Å². The number of carbonyl (C=O) groups excluding carboxylic acids is 2. The van der Waals surface area contributed by atoms with Crippen LogP contribution in [0, 0.1) is 0 Å². The van der Waals surface area contributed by atoms with Crippen molar-refractivity contribution in [3.8, 4) is 28.0 Å². The number of hydrogen-bond donors (Lipinski definition) is 2. The molecule has 42 heavy (non-hydrogen) atoms. The molecule has 0 bridgehead atoms. The van der Waals surface area contributed by atoms with Crippen LogP contribution in [0.4, 0.5) is 4.79 Å². The Kier molecular flexibility index (Phi) is 8.34. The van der Waals surface area contributed by atoms with E-state index in [4.69, 9.17) is 9.47 Å². The van der Waals surface area contributed by atoms with E-state index < -0.39 is 23.7 Å². The number of rotatable bonds is 8. The number of carbonyl (C=O) groups is 2. The highest BCUT2D eigenvalue weighted by Crippen LogP contribution is 2.44. The molecule has 4 aromatic rings. The summed E-state index contributed by atoms with van der Waals surface area (Å²) >= 11 is 0. The fraction of sp³-hybridized carbons (Fsp3) is 0.278. The molecule has 1 aliphatic rings. The van der Waals surface area contributed by atoms with Crippen molar-refractivity contribution in [3.63, 3.8) is 0 Å². The maximum atomic E-state index is 13.2. The van der Waals surface area contributed by atoms with Crippen molar-refractivity contribution >= 4 is 12.1 Å². The molecular weight excluding hydrogens is 526 g/mol. The molecule has 216 valence electrons. The number of amides is 1. The van der Waals surface area contributed by atoms with Gasteiger partial charge in [0.05, 0.1) is 0 Å². The number of ether oxygens (including phenoxy) is 2. The van der Waals surface area contributed by atoms with E-state index in [-0.39, 0.29) is 24.7 Å². The van der Waals surface area contributed by atoms with Gasteiger partial charge in [0.15, 0.2) is 0 Å². The largest absolute Gasteiger partial charge is 0.508 e. The number of phenols is 1. The standard InChI is InChI=1S/C36H37NO5/c1-5-24-21-26(38)18-19-27(24)25-16-14-23(15-17-25)20-33(34(39)42-36(2,3)4)37-35(40)41-22-32-30-12-8-6-10-28(30)29-11-7-9-13-31(29)32/h6-19,21,32-33,38H,5,20,22H2,1-4H3,(H,37,40)/t33-/m0/s1. The summed E-state index contributed by atoms with van der Waals surface area (Å²) < 4.78 is 11.4. The third-order valence-corrected chi connectivity index (χ3v) is 7.50. The highest BCUT2D eigenvalue weighted by Gasteiger charge is 2.31. The Morgan fingerprint density at radius 2 is 1.48 bits per heavy atom. The van der Waals surface area contributed by atoms with Gasteiger partial charge in [0.25, 0.3) is 0 Å². The van der Waals surface area contributed by atoms with Crippen molar-refractivity contribution in [2.24, 2.45) is 0 Å². The van der Waals surface area contributed by atoms with Gasteiger partial charge in [-0.25, -0.2) is 9.59 Å². The van der Waals surface area contributed by atoms with Crippen molar-refractivity contribution < 1.29 is 24.2 Å². The molecule has 0 spiro atoms. The first-order valence-electron chi connectivity index (χ1n) is 14.4. The van der Waals surface area contributed by atoms with Crippen LogP contribution >= 0.6 is 0 Å². The smallest absolute Gasteiger partial charge is 0.407 e. The molecule has 1 aliphatic carbocycles. The van der Waals surface area contributed by atoms with Crippen LogP contribution in [0.25, 0.3) is 22.3 Å². The number of aryl methyl sites for hydroxylation is 1. The number of hydrogen-bond acceptors (Lipinski definition) is 5. The average molecular weight is 564 g/mol. The molecule has 0 unspecified atom stereocenters. The van der Waals surface area contributed by atoms with Gasteiger partial charge in [-0.05, 0) is 83.8 Å². The van der Waals surface area contributed by atoms with E-state index >= 15 is 0 Å². The Balaban J connectivity index is 1.30. The number of phenolic OH excluding ortho intramolecular Hbond substituents is 1. The summed E-state index contributed by atoms with van der Waals surface area (Å²) in [5, 5.41) is 12.6. The minimum absolute atomic E-state index is 0.0800. The second kappa shape index (κ2) is 12.1. The molecule has 0 saturated carbocycles. The second-order valence-corrected chi connectivity index (χ2v) is 11.7. The lowest BCUT2D eigenvalue weighted by Crippen LogP contribution is -2.46. The van der Waals surface area contributed by atoms with Gasteiger partial charge >= 0.3 is 12.1 Å². The zero-order valence-corrected chi connectivity index (χ0v) is 24.5. The van der Waals surface area contributed by atoms with Crippen molar-refractivity contribution in [3.05, 3.63) is 113 Å². The third-order valence-electron chi connectivity index (χ3n) is 7.50. The van der Waals surface area contributed by atoms with Crippen molar-refractivity contribution in [1.82, 2.24) is 5.32 Å². The van der Waals surface area contributed by atoms with E-state index in [0.717, 1.165) is 50.9 Å². The molecule has 6 nitrogen and oxygen atoms in total. The van der Waals surface area contributed by atoms with Crippen molar-refractivity contribution in [1.29, 1.82) is 0 Å². The summed E-state index contributed by atoms with van der Waals surface area (Å²) in [6, 6.07) is 28.6. The van der Waals surface area contributed by atoms with Crippen LogP contribution in [0.1, 0.15) is 55.9 Å². The monoisotopic (exact) mass is 563 g/mol. The third kappa shape index (κ3) is 6.49. The molecule has 1 amide bonds. The summed E-state index contributed by atoms with van der Waals surface area (Å²) in [6.07, 6.45) is 0.368. The lowest BCUT2D eigenvalue weighted by atomic mass is 9.96. The predicted octanol–water partition coefficient (Wildman–Crippen LogP) is 7.41. The molecule has 0 saturated heterocycles. The fourth-order valence-corrected chi connectivity index (χ4v) is 5.56. The van der Waals surface area contributed by atoms with Gasteiger partial charge in [-0.3, -0.25) is 0 Å². The highest BCUT2D eigenvalue weighted by molar-refractivity contribution is 5.82. The van der Waals surface area contributed by atoms with Gasteiger partial charge in [0.2, 0.25) is 0 Å². The Hall–Kier alpha value is -4.58. The minimum atomic E-state index is -0.925. The number of nitrogens with one attached hydrogen (secondary N) is 1. The number of alkyl carbamates (subject to hydrolysis) is 1. The van der Waals surface area contributed by atoms with Gasteiger partial charge in [-0.2, -0.15) is 0 Å². The van der Waals surface area contributed by atoms with Gasteiger partial charge in [-0.15, -0.1) is 0 Å². The molecule has 0 fully saturated rings. The summed E-state index contributed by atoms with van der Waals surface area (Å²) in [5.41, 5.74) is 7.79. The normalized spacial score (nSPS) is 13.1. The van der Waals surface area contributed by atoms with E-state index in [9.17, 15) is 14.7 Å². The molecule has 5 rings (SSSR count). The van der Waals surface area contributed by atoms with Crippen LogP contribution < -0.4 is 5.32 Å². The first-order chi connectivity index (χ1) is 20.1. The Labute approximate surface area is 247 Å². The first kappa shape index (κ1) is 28.9. The maximum absolute atomic E-state index is 13.2. The minimum Gasteiger partial charge on any atom is -0.508 e. The van der Waals surface area contributed by atoms with Crippen LogP contribution in [0.3, 0.4) is 0 Å². The fourth-order valence-electron chi connectivity index (χ4n) is 5.56. The Morgan fingerprint density at radius 3 is 2.07 bits per heavy atom. The summed E-state index contributed by atoms with van der Waals surface area (Å²) in [5.74, 6) is -0.359. The number of aromatic hydroxyl groups is 1. The van der Waals surface area contributed by atoms with Crippen molar-refractivity contribution in [2.75, 3.05) is 6.61 Å². The molecule has 1 atom stereocenters. The SMILES string of the molecule is CCc1cc(O)ccc1-c1ccc(C[C@H](NC(=O)OCC2c3ccccc3-c3ccccc32)C(=O)OC(C)(C)C)cc1. The van der Waals surface area contributed by atoms with Gasteiger partial charge in [0.1, 0.15) is 24.0 Å². The molecule has 0 radical (unpaired) electrons. The molecule has 0 aromatic heterocycles. The molecule has 6 heteroatoms. The molecule has 0 heterocycles. The second-order valence-electron chi connectivity index (χ2n) is 11.7. The topological polar surface area (TPSA) is 84.9 Å². The quantitative estimate of drug-likeness (QED) is 0.218. The van der Waals surface area contributed by atoms with Gasteiger partial charge < -0.3 is 19.9 Å². The first-order valence-corrected chi connectivity index (χ1v) is 14.4. The van der Waals surface area contributed by atoms with Crippen LogP contribution in [0.5, 0.6) is 5.75 Å².